The van der Waals surface area contributed by atoms with E-state index in [4.69, 9.17) is 9.84 Å². The largest absolute Gasteiger partial charge is 0.480 e. The first-order valence-corrected chi connectivity index (χ1v) is 5.85. The van der Waals surface area contributed by atoms with E-state index in [1.165, 1.54) is 0 Å². The molecule has 0 saturated carbocycles. The number of hydrogen-bond donors (Lipinski definition) is 2. The highest BCUT2D eigenvalue weighted by molar-refractivity contribution is 5.89. The molecule has 0 spiro atoms. The molecule has 0 aromatic heterocycles. The van der Waals surface area contributed by atoms with Gasteiger partial charge in [0.25, 0.3) is 0 Å². The zero-order valence-corrected chi connectivity index (χ0v) is 10.5. The molecule has 0 heterocycles. The maximum Gasteiger partial charge on any atom is 0.338 e. The number of carbonyl (C=O) groups is 2. The molecule has 1 unspecified atom stereocenters. The van der Waals surface area contributed by atoms with Crippen LogP contribution < -0.4 is 5.32 Å². The predicted molar refractivity (Wildman–Crippen MR) is 67.7 cm³/mol. The van der Waals surface area contributed by atoms with Gasteiger partial charge in [-0.25, -0.2) is 9.59 Å². The number of carbonyl (C=O) groups excluding carboxylic acids is 1. The second kappa shape index (κ2) is 6.64. The van der Waals surface area contributed by atoms with Crippen LogP contribution in [0.15, 0.2) is 24.3 Å². The summed E-state index contributed by atoms with van der Waals surface area (Å²) in [4.78, 5) is 22.3. The molecule has 1 aromatic carbocycles. The molecule has 0 aliphatic rings. The van der Waals surface area contributed by atoms with Crippen LogP contribution in [0.4, 0.5) is 5.69 Å². The van der Waals surface area contributed by atoms with Crippen molar-refractivity contribution in [3.05, 3.63) is 29.8 Å². The number of esters is 1. The van der Waals surface area contributed by atoms with E-state index >= 15 is 0 Å². The average molecular weight is 251 g/mol. The fraction of sp³-hybridized carbons (Fsp3) is 0.385. The van der Waals surface area contributed by atoms with Gasteiger partial charge in [-0.2, -0.15) is 0 Å². The molecule has 1 atom stereocenters. The summed E-state index contributed by atoms with van der Waals surface area (Å²) in [5.74, 6) is -1.28. The lowest BCUT2D eigenvalue weighted by molar-refractivity contribution is -0.137. The molecule has 1 aromatic rings. The van der Waals surface area contributed by atoms with Crippen LogP contribution in [0.2, 0.25) is 0 Å². The van der Waals surface area contributed by atoms with Gasteiger partial charge in [0.15, 0.2) is 0 Å². The second-order valence-electron chi connectivity index (χ2n) is 3.74. The Bertz CT molecular complexity index is 414. The molecule has 98 valence electrons. The number of ether oxygens (including phenoxy) is 1. The summed E-state index contributed by atoms with van der Waals surface area (Å²) in [6.45, 7) is 3.86. The van der Waals surface area contributed by atoms with E-state index in [0.717, 1.165) is 0 Å². The summed E-state index contributed by atoms with van der Waals surface area (Å²) in [6, 6.07) is 5.91. The molecule has 0 bridgehead atoms. The van der Waals surface area contributed by atoms with Crippen molar-refractivity contribution in [3.63, 3.8) is 0 Å². The van der Waals surface area contributed by atoms with Crippen molar-refractivity contribution in [1.29, 1.82) is 0 Å². The first kappa shape index (κ1) is 14.0. The fourth-order valence-corrected chi connectivity index (χ4v) is 1.46. The third-order valence-electron chi connectivity index (χ3n) is 2.44. The van der Waals surface area contributed by atoms with Gasteiger partial charge in [-0.05, 0) is 37.6 Å². The standard InChI is InChI=1S/C13H17NO4/c1-3-11(12(15)16)14-10-7-5-9(6-8-10)13(17)18-4-2/h5-8,11,14H,3-4H2,1-2H3,(H,15,16). The van der Waals surface area contributed by atoms with Crippen LogP contribution in [0.25, 0.3) is 0 Å². The molecule has 0 fully saturated rings. The van der Waals surface area contributed by atoms with Gasteiger partial charge in [0.05, 0.1) is 12.2 Å². The zero-order valence-electron chi connectivity index (χ0n) is 10.5. The number of benzene rings is 1. The van der Waals surface area contributed by atoms with Crippen LogP contribution in [-0.4, -0.2) is 29.7 Å². The van der Waals surface area contributed by atoms with Crippen LogP contribution in [0.1, 0.15) is 30.6 Å². The Kier molecular flexibility index (Phi) is 5.17. The Hall–Kier alpha value is -2.04. The topological polar surface area (TPSA) is 75.6 Å². The molecule has 0 aliphatic carbocycles. The van der Waals surface area contributed by atoms with Gasteiger partial charge >= 0.3 is 11.9 Å². The second-order valence-corrected chi connectivity index (χ2v) is 3.74. The Balaban J connectivity index is 2.71. The lowest BCUT2D eigenvalue weighted by atomic mass is 10.1. The first-order chi connectivity index (χ1) is 8.58. The molecule has 0 saturated heterocycles. The number of anilines is 1. The van der Waals surface area contributed by atoms with E-state index in [0.29, 0.717) is 24.3 Å². The molecular weight excluding hydrogens is 234 g/mol. The van der Waals surface area contributed by atoms with Crippen LogP contribution in [0, 0.1) is 0 Å². The molecule has 5 nitrogen and oxygen atoms in total. The fourth-order valence-electron chi connectivity index (χ4n) is 1.46. The molecule has 0 aliphatic heterocycles. The van der Waals surface area contributed by atoms with E-state index < -0.39 is 12.0 Å². The van der Waals surface area contributed by atoms with Gasteiger partial charge in [-0.3, -0.25) is 0 Å². The summed E-state index contributed by atoms with van der Waals surface area (Å²) in [5.41, 5.74) is 1.11. The van der Waals surface area contributed by atoms with Gasteiger partial charge in [0.2, 0.25) is 0 Å². The number of carboxylic acid groups (broad SMARTS) is 1. The summed E-state index contributed by atoms with van der Waals surface area (Å²) < 4.78 is 4.85. The highest BCUT2D eigenvalue weighted by atomic mass is 16.5. The quantitative estimate of drug-likeness (QED) is 0.757. The Morgan fingerprint density at radius 2 is 1.89 bits per heavy atom. The normalized spacial score (nSPS) is 11.7. The molecule has 0 radical (unpaired) electrons. The van der Waals surface area contributed by atoms with E-state index in [2.05, 4.69) is 5.32 Å². The minimum Gasteiger partial charge on any atom is -0.480 e. The van der Waals surface area contributed by atoms with Crippen molar-refractivity contribution < 1.29 is 19.4 Å². The highest BCUT2D eigenvalue weighted by Gasteiger charge is 2.14. The van der Waals surface area contributed by atoms with Crippen molar-refractivity contribution in [3.8, 4) is 0 Å². The number of nitrogens with one attached hydrogen (secondary N) is 1. The van der Waals surface area contributed by atoms with Gasteiger partial charge in [0, 0.05) is 5.69 Å². The summed E-state index contributed by atoms with van der Waals surface area (Å²) in [5, 5.41) is 11.8. The molecular formula is C13H17NO4. The van der Waals surface area contributed by atoms with Gasteiger partial charge in [-0.15, -0.1) is 0 Å². The minimum absolute atomic E-state index is 0.329. The van der Waals surface area contributed by atoms with Crippen LogP contribution in [0.5, 0.6) is 0 Å². The van der Waals surface area contributed by atoms with Crippen molar-refractivity contribution in [1.82, 2.24) is 0 Å². The van der Waals surface area contributed by atoms with E-state index in [1.54, 1.807) is 38.1 Å². The van der Waals surface area contributed by atoms with E-state index in [-0.39, 0.29) is 5.97 Å². The average Bonchev–Trinajstić information content (AvgIpc) is 2.36. The van der Waals surface area contributed by atoms with Crippen LogP contribution in [-0.2, 0) is 9.53 Å². The monoisotopic (exact) mass is 251 g/mol. The van der Waals surface area contributed by atoms with Gasteiger partial charge in [0.1, 0.15) is 6.04 Å². The maximum absolute atomic E-state index is 11.4. The lowest BCUT2D eigenvalue weighted by Crippen LogP contribution is -2.28. The highest BCUT2D eigenvalue weighted by Crippen LogP contribution is 2.12. The van der Waals surface area contributed by atoms with Crippen molar-refractivity contribution in [2.75, 3.05) is 11.9 Å². The summed E-state index contributed by atoms with van der Waals surface area (Å²) >= 11 is 0. The Morgan fingerprint density at radius 1 is 1.28 bits per heavy atom. The minimum atomic E-state index is -0.896. The van der Waals surface area contributed by atoms with Crippen molar-refractivity contribution in [2.24, 2.45) is 0 Å². The number of carboxylic acids is 1. The van der Waals surface area contributed by atoms with Crippen LogP contribution in [0.3, 0.4) is 0 Å². The predicted octanol–water partition coefficient (Wildman–Crippen LogP) is 2.14. The van der Waals surface area contributed by atoms with Crippen molar-refractivity contribution in [2.45, 2.75) is 26.3 Å². The maximum atomic E-state index is 11.4. The molecule has 0 amide bonds. The zero-order chi connectivity index (χ0) is 13.5. The number of rotatable bonds is 6. The lowest BCUT2D eigenvalue weighted by Gasteiger charge is -2.13. The third kappa shape index (κ3) is 3.76. The smallest absolute Gasteiger partial charge is 0.338 e. The van der Waals surface area contributed by atoms with E-state index in [1.807, 2.05) is 0 Å². The Labute approximate surface area is 106 Å². The third-order valence-corrected chi connectivity index (χ3v) is 2.44. The molecule has 5 heteroatoms. The van der Waals surface area contributed by atoms with E-state index in [9.17, 15) is 9.59 Å². The molecule has 2 N–H and O–H groups in total. The van der Waals surface area contributed by atoms with Gasteiger partial charge in [-0.1, -0.05) is 6.92 Å². The van der Waals surface area contributed by atoms with Crippen LogP contribution >= 0.6 is 0 Å². The summed E-state index contributed by atoms with van der Waals surface area (Å²) in [7, 11) is 0. The Morgan fingerprint density at radius 3 is 2.33 bits per heavy atom. The molecule has 1 rings (SSSR count). The molecule has 18 heavy (non-hydrogen) atoms. The van der Waals surface area contributed by atoms with Crippen molar-refractivity contribution >= 4 is 17.6 Å². The SMILES string of the molecule is CCOC(=O)c1ccc(NC(CC)C(=O)O)cc1. The first-order valence-electron chi connectivity index (χ1n) is 5.85. The number of aliphatic carboxylic acids is 1. The van der Waals surface area contributed by atoms with Gasteiger partial charge < -0.3 is 15.2 Å². The summed E-state index contributed by atoms with van der Waals surface area (Å²) in [6.07, 6.45) is 0.481. The number of hydrogen-bond acceptors (Lipinski definition) is 4.